The maximum absolute atomic E-state index is 10.7. The summed E-state index contributed by atoms with van der Waals surface area (Å²) in [6.07, 6.45) is 1.72. The molecule has 0 amide bonds. The highest BCUT2D eigenvalue weighted by Gasteiger charge is 2.21. The van der Waals surface area contributed by atoms with Crippen LogP contribution >= 0.6 is 0 Å². The molecule has 1 aliphatic rings. The zero-order valence-electron chi connectivity index (χ0n) is 8.94. The molecule has 86 valence electrons. The number of nitrogens with zero attached hydrogens (tertiary/aromatic N) is 1. The third-order valence-corrected chi connectivity index (χ3v) is 2.42. The van der Waals surface area contributed by atoms with Crippen molar-refractivity contribution in [3.8, 4) is 0 Å². The van der Waals surface area contributed by atoms with Gasteiger partial charge in [0, 0.05) is 13.1 Å². The first-order chi connectivity index (χ1) is 7.08. The minimum atomic E-state index is -0.793. The molecule has 0 radical (unpaired) electrons. The molecule has 1 aliphatic heterocycles. The molecule has 0 aromatic heterocycles. The van der Waals surface area contributed by atoms with Gasteiger partial charge in [0.2, 0.25) is 0 Å². The summed E-state index contributed by atoms with van der Waals surface area (Å²) in [6, 6.07) is 0. The van der Waals surface area contributed by atoms with Crippen molar-refractivity contribution in [2.45, 2.75) is 25.9 Å². The topological polar surface area (TPSA) is 66.8 Å². The quantitative estimate of drug-likeness (QED) is 0.706. The predicted octanol–water partition coefficient (Wildman–Crippen LogP) is 0.141. The molecule has 0 spiro atoms. The number of hydrogen-bond donors (Lipinski definition) is 1. The van der Waals surface area contributed by atoms with E-state index >= 15 is 0 Å². The molecule has 0 aliphatic carbocycles. The molecule has 0 atom stereocenters. The van der Waals surface area contributed by atoms with Gasteiger partial charge >= 0.3 is 5.97 Å². The first-order valence-corrected chi connectivity index (χ1v) is 5.13. The predicted molar refractivity (Wildman–Crippen MR) is 53.7 cm³/mol. The second kappa shape index (κ2) is 5.82. The molecule has 0 bridgehead atoms. The molecule has 1 saturated heterocycles. The maximum atomic E-state index is 10.7. The van der Waals surface area contributed by atoms with Gasteiger partial charge < -0.3 is 9.84 Å². The first-order valence-electron chi connectivity index (χ1n) is 5.13. The van der Waals surface area contributed by atoms with Crippen LogP contribution in [0.3, 0.4) is 0 Å². The van der Waals surface area contributed by atoms with Gasteiger partial charge in [-0.15, -0.1) is 0 Å². The molecular formula is C10H17NO4. The minimum Gasteiger partial charge on any atom is -0.480 e. The summed E-state index contributed by atoms with van der Waals surface area (Å²) < 4.78 is 5.37. The highest BCUT2D eigenvalue weighted by atomic mass is 16.5. The summed E-state index contributed by atoms with van der Waals surface area (Å²) in [5.74, 6) is -0.763. The van der Waals surface area contributed by atoms with E-state index in [2.05, 4.69) is 0 Å². The molecule has 0 unspecified atom stereocenters. The standard InChI is InChI=1S/C10H17NO4/c1-8(12)7-15-9-2-4-11(5-3-9)6-10(13)14/h9H,2-7H2,1H3,(H,13,14). The van der Waals surface area contributed by atoms with Crippen molar-refractivity contribution in [3.05, 3.63) is 0 Å². The molecule has 1 N–H and O–H groups in total. The fourth-order valence-corrected chi connectivity index (χ4v) is 1.66. The third-order valence-electron chi connectivity index (χ3n) is 2.42. The average Bonchev–Trinajstić information content (AvgIpc) is 2.16. The van der Waals surface area contributed by atoms with Crippen molar-refractivity contribution in [3.63, 3.8) is 0 Å². The van der Waals surface area contributed by atoms with E-state index in [-0.39, 0.29) is 25.0 Å². The molecular weight excluding hydrogens is 198 g/mol. The second-order valence-corrected chi connectivity index (χ2v) is 3.88. The minimum absolute atomic E-state index is 0.0305. The van der Waals surface area contributed by atoms with Gasteiger partial charge in [-0.2, -0.15) is 0 Å². The normalized spacial score (nSPS) is 19.0. The number of carbonyl (C=O) groups is 2. The maximum Gasteiger partial charge on any atom is 0.317 e. The molecule has 0 aromatic rings. The van der Waals surface area contributed by atoms with Crippen LogP contribution in [-0.4, -0.2) is 54.1 Å². The van der Waals surface area contributed by atoms with Crippen molar-refractivity contribution in [1.29, 1.82) is 0 Å². The Kier molecular flexibility index (Phi) is 4.71. The van der Waals surface area contributed by atoms with Crippen LogP contribution in [0.1, 0.15) is 19.8 Å². The Hall–Kier alpha value is -0.940. The van der Waals surface area contributed by atoms with Crippen LogP contribution in [-0.2, 0) is 14.3 Å². The Labute approximate surface area is 89.0 Å². The number of Topliss-reactive ketones (excluding diaryl/α,β-unsaturated/α-hetero) is 1. The van der Waals surface area contributed by atoms with Crippen LogP contribution in [0, 0.1) is 0 Å². The zero-order chi connectivity index (χ0) is 11.3. The van der Waals surface area contributed by atoms with E-state index in [0.717, 1.165) is 25.9 Å². The summed E-state index contributed by atoms with van der Waals surface area (Å²) in [5.41, 5.74) is 0. The van der Waals surface area contributed by atoms with E-state index in [1.807, 2.05) is 4.90 Å². The highest BCUT2D eigenvalue weighted by Crippen LogP contribution is 2.13. The molecule has 0 saturated carbocycles. The Balaban J connectivity index is 2.18. The van der Waals surface area contributed by atoms with Gasteiger partial charge in [0.25, 0.3) is 0 Å². The van der Waals surface area contributed by atoms with Gasteiger partial charge in [0.15, 0.2) is 5.78 Å². The lowest BCUT2D eigenvalue weighted by molar-refractivity contribution is -0.139. The molecule has 0 aromatic carbocycles. The number of carbonyl (C=O) groups excluding carboxylic acids is 1. The molecule has 1 heterocycles. The Bertz CT molecular complexity index is 234. The van der Waals surface area contributed by atoms with Gasteiger partial charge in [-0.1, -0.05) is 0 Å². The van der Waals surface area contributed by atoms with Crippen molar-refractivity contribution < 1.29 is 19.4 Å². The number of carboxylic acid groups (broad SMARTS) is 1. The van der Waals surface area contributed by atoms with Crippen molar-refractivity contribution in [2.24, 2.45) is 0 Å². The summed E-state index contributed by atoms with van der Waals surface area (Å²) >= 11 is 0. The fourth-order valence-electron chi connectivity index (χ4n) is 1.66. The van der Waals surface area contributed by atoms with E-state index in [0.29, 0.717) is 0 Å². The van der Waals surface area contributed by atoms with E-state index in [9.17, 15) is 9.59 Å². The smallest absolute Gasteiger partial charge is 0.317 e. The van der Waals surface area contributed by atoms with Gasteiger partial charge in [0.05, 0.1) is 12.6 Å². The Morgan fingerprint density at radius 3 is 2.47 bits per heavy atom. The fraction of sp³-hybridized carbons (Fsp3) is 0.800. The molecule has 15 heavy (non-hydrogen) atoms. The van der Waals surface area contributed by atoms with Gasteiger partial charge in [-0.25, -0.2) is 0 Å². The van der Waals surface area contributed by atoms with Crippen molar-refractivity contribution in [1.82, 2.24) is 4.90 Å². The molecule has 5 heteroatoms. The molecule has 1 rings (SSSR count). The third kappa shape index (κ3) is 4.90. The van der Waals surface area contributed by atoms with E-state index in [1.165, 1.54) is 6.92 Å². The summed E-state index contributed by atoms with van der Waals surface area (Å²) in [5, 5.41) is 8.59. The largest absolute Gasteiger partial charge is 0.480 e. The van der Waals surface area contributed by atoms with E-state index < -0.39 is 5.97 Å². The van der Waals surface area contributed by atoms with Crippen LogP contribution < -0.4 is 0 Å². The van der Waals surface area contributed by atoms with Gasteiger partial charge in [-0.3, -0.25) is 14.5 Å². The number of rotatable bonds is 5. The van der Waals surface area contributed by atoms with Crippen LogP contribution in [0.25, 0.3) is 0 Å². The zero-order valence-corrected chi connectivity index (χ0v) is 8.94. The summed E-state index contributed by atoms with van der Waals surface area (Å²) in [6.45, 7) is 3.23. The molecule has 5 nitrogen and oxygen atoms in total. The van der Waals surface area contributed by atoms with E-state index in [1.54, 1.807) is 0 Å². The van der Waals surface area contributed by atoms with Crippen LogP contribution in [0.4, 0.5) is 0 Å². The average molecular weight is 215 g/mol. The van der Waals surface area contributed by atoms with Crippen LogP contribution in [0.2, 0.25) is 0 Å². The lowest BCUT2D eigenvalue weighted by Crippen LogP contribution is -2.40. The monoisotopic (exact) mass is 215 g/mol. The Morgan fingerprint density at radius 1 is 1.40 bits per heavy atom. The first kappa shape index (κ1) is 12.1. The molecule has 1 fully saturated rings. The Morgan fingerprint density at radius 2 is 2.00 bits per heavy atom. The van der Waals surface area contributed by atoms with E-state index in [4.69, 9.17) is 9.84 Å². The van der Waals surface area contributed by atoms with Crippen LogP contribution in [0.5, 0.6) is 0 Å². The van der Waals surface area contributed by atoms with Crippen molar-refractivity contribution >= 4 is 11.8 Å². The number of likely N-dealkylation sites (tertiary alicyclic amines) is 1. The van der Waals surface area contributed by atoms with Gasteiger partial charge in [0.1, 0.15) is 6.61 Å². The van der Waals surface area contributed by atoms with Gasteiger partial charge in [-0.05, 0) is 19.8 Å². The van der Waals surface area contributed by atoms with Crippen LogP contribution in [0.15, 0.2) is 0 Å². The highest BCUT2D eigenvalue weighted by molar-refractivity contribution is 5.76. The summed E-state index contributed by atoms with van der Waals surface area (Å²) in [4.78, 5) is 23.0. The number of ketones is 1. The summed E-state index contributed by atoms with van der Waals surface area (Å²) in [7, 11) is 0. The lowest BCUT2D eigenvalue weighted by Gasteiger charge is -2.30. The lowest BCUT2D eigenvalue weighted by atomic mass is 10.1. The number of hydrogen-bond acceptors (Lipinski definition) is 4. The second-order valence-electron chi connectivity index (χ2n) is 3.88. The number of carboxylic acids is 1. The number of piperidine rings is 1. The SMILES string of the molecule is CC(=O)COC1CCN(CC(=O)O)CC1. The van der Waals surface area contributed by atoms with Crippen molar-refractivity contribution in [2.75, 3.05) is 26.2 Å². The number of aliphatic carboxylic acids is 1. The number of ether oxygens (including phenoxy) is 1.